The zero-order chi connectivity index (χ0) is 19.0. The molecule has 2 amide bonds. The highest BCUT2D eigenvalue weighted by Gasteiger charge is 2.34. The number of benzene rings is 2. The number of fused-ring (bicyclic) bond motifs is 1. The smallest absolute Gasteiger partial charge is 0.271 e. The van der Waals surface area contributed by atoms with Crippen molar-refractivity contribution in [2.75, 3.05) is 13.1 Å². The molecule has 1 aliphatic rings. The molecule has 0 aliphatic carbocycles. The van der Waals surface area contributed by atoms with Crippen LogP contribution < -0.4 is 5.32 Å². The van der Waals surface area contributed by atoms with Gasteiger partial charge in [-0.15, -0.1) is 0 Å². The lowest BCUT2D eigenvalue weighted by molar-refractivity contribution is -0.127. The van der Waals surface area contributed by atoms with Crippen LogP contribution in [-0.2, 0) is 11.2 Å². The molecule has 138 valence electrons. The van der Waals surface area contributed by atoms with Crippen molar-refractivity contribution in [1.82, 2.24) is 15.2 Å². The largest absolute Gasteiger partial charge is 0.353 e. The minimum atomic E-state index is -0.573. The van der Waals surface area contributed by atoms with Gasteiger partial charge in [0.05, 0.1) is 0 Å². The maximum absolute atomic E-state index is 13.6. The van der Waals surface area contributed by atoms with E-state index in [-0.39, 0.29) is 17.6 Å². The molecule has 27 heavy (non-hydrogen) atoms. The molecule has 1 atom stereocenters. The summed E-state index contributed by atoms with van der Waals surface area (Å²) in [6, 6.07) is 13.5. The fourth-order valence-electron chi connectivity index (χ4n) is 3.65. The van der Waals surface area contributed by atoms with Crippen LogP contribution in [0.1, 0.15) is 21.6 Å². The van der Waals surface area contributed by atoms with E-state index in [4.69, 9.17) is 0 Å². The van der Waals surface area contributed by atoms with Gasteiger partial charge in [-0.3, -0.25) is 9.59 Å². The molecule has 2 aromatic carbocycles. The Morgan fingerprint density at radius 1 is 1.22 bits per heavy atom. The number of aromatic amines is 1. The number of H-pyrrole nitrogens is 1. The molecule has 4 rings (SSSR count). The predicted octanol–water partition coefficient (Wildman–Crippen LogP) is 2.80. The highest BCUT2D eigenvalue weighted by molar-refractivity contribution is 6.03. The van der Waals surface area contributed by atoms with Gasteiger partial charge in [0, 0.05) is 30.4 Å². The van der Waals surface area contributed by atoms with Gasteiger partial charge in [0.2, 0.25) is 5.91 Å². The number of nitrogens with one attached hydrogen (secondary N) is 2. The normalized spacial score (nSPS) is 17.2. The zero-order valence-electron chi connectivity index (χ0n) is 15.0. The van der Waals surface area contributed by atoms with Crippen LogP contribution in [0, 0.1) is 12.7 Å². The number of aromatic nitrogens is 1. The Morgan fingerprint density at radius 3 is 2.78 bits per heavy atom. The lowest BCUT2D eigenvalue weighted by Gasteiger charge is -2.35. The van der Waals surface area contributed by atoms with Crippen LogP contribution in [0.15, 0.2) is 48.5 Å². The second-order valence-corrected chi connectivity index (χ2v) is 6.81. The minimum absolute atomic E-state index is 0.154. The van der Waals surface area contributed by atoms with Crippen molar-refractivity contribution in [1.29, 1.82) is 0 Å². The third-order valence-electron chi connectivity index (χ3n) is 5.10. The summed E-state index contributed by atoms with van der Waals surface area (Å²) in [5.74, 6) is -0.735. The van der Waals surface area contributed by atoms with Gasteiger partial charge in [-0.25, -0.2) is 4.39 Å². The van der Waals surface area contributed by atoms with E-state index in [2.05, 4.69) is 10.3 Å². The highest BCUT2D eigenvalue weighted by atomic mass is 19.1. The van der Waals surface area contributed by atoms with E-state index in [0.29, 0.717) is 41.7 Å². The second kappa shape index (κ2) is 6.87. The summed E-state index contributed by atoms with van der Waals surface area (Å²) >= 11 is 0. The second-order valence-electron chi connectivity index (χ2n) is 6.81. The number of rotatable bonds is 3. The van der Waals surface area contributed by atoms with E-state index in [9.17, 15) is 14.0 Å². The van der Waals surface area contributed by atoms with Crippen LogP contribution in [0.2, 0.25) is 0 Å². The summed E-state index contributed by atoms with van der Waals surface area (Å²) in [4.78, 5) is 30.4. The van der Waals surface area contributed by atoms with Gasteiger partial charge >= 0.3 is 0 Å². The monoisotopic (exact) mass is 365 g/mol. The molecule has 2 N–H and O–H groups in total. The fraction of sp³-hybridized carbons (Fsp3) is 0.238. The highest BCUT2D eigenvalue weighted by Crippen LogP contribution is 2.25. The van der Waals surface area contributed by atoms with Crippen molar-refractivity contribution in [3.8, 4) is 0 Å². The summed E-state index contributed by atoms with van der Waals surface area (Å²) < 4.78 is 13.6. The zero-order valence-corrected chi connectivity index (χ0v) is 15.0. The number of halogens is 1. The summed E-state index contributed by atoms with van der Waals surface area (Å²) in [6.45, 7) is 2.65. The molecule has 0 saturated carbocycles. The predicted molar refractivity (Wildman–Crippen MR) is 101 cm³/mol. The third kappa shape index (κ3) is 3.18. The van der Waals surface area contributed by atoms with Crippen molar-refractivity contribution in [3.05, 3.63) is 71.2 Å². The number of amides is 2. The Hall–Kier alpha value is -3.15. The average Bonchev–Trinajstić information content (AvgIpc) is 3.00. The number of carbonyl (C=O) groups is 2. The van der Waals surface area contributed by atoms with Crippen LogP contribution in [-0.4, -0.2) is 40.8 Å². The number of aryl methyl sites for hydroxylation is 1. The van der Waals surface area contributed by atoms with Crippen LogP contribution >= 0.6 is 0 Å². The van der Waals surface area contributed by atoms with E-state index in [1.165, 1.54) is 12.1 Å². The summed E-state index contributed by atoms with van der Waals surface area (Å²) in [5, 5.41) is 3.52. The van der Waals surface area contributed by atoms with Gasteiger partial charge in [-0.05, 0) is 36.2 Å². The summed E-state index contributed by atoms with van der Waals surface area (Å²) in [7, 11) is 0. The lowest BCUT2D eigenvalue weighted by atomic mass is 10.0. The van der Waals surface area contributed by atoms with Crippen molar-refractivity contribution in [3.63, 3.8) is 0 Å². The van der Waals surface area contributed by atoms with Gasteiger partial charge < -0.3 is 15.2 Å². The molecule has 1 aromatic heterocycles. The van der Waals surface area contributed by atoms with E-state index in [1.54, 1.807) is 17.9 Å². The third-order valence-corrected chi connectivity index (χ3v) is 5.10. The Balaban J connectivity index is 1.68. The van der Waals surface area contributed by atoms with Crippen LogP contribution in [0.4, 0.5) is 4.39 Å². The molecular formula is C21H20FN3O2. The Morgan fingerprint density at radius 2 is 2.00 bits per heavy atom. The SMILES string of the molecule is Cc1c(C(=O)N2CCNC(=O)[C@@H]2Cc2ccccc2)[nH]c2ccc(F)cc12. The van der Waals surface area contributed by atoms with Crippen molar-refractivity contribution >= 4 is 22.7 Å². The molecule has 3 aromatic rings. The minimum Gasteiger partial charge on any atom is -0.353 e. The standard InChI is InChI=1S/C21H20FN3O2/c1-13-16-12-15(22)7-8-17(16)24-19(13)21(27)25-10-9-23-20(26)18(25)11-14-5-3-2-4-6-14/h2-8,12,18,24H,9-11H2,1H3,(H,23,26)/t18-/m0/s1. The summed E-state index contributed by atoms with van der Waals surface area (Å²) in [6.07, 6.45) is 0.451. The Bertz CT molecular complexity index is 1010. The van der Waals surface area contributed by atoms with Crippen molar-refractivity contribution < 1.29 is 14.0 Å². The lowest BCUT2D eigenvalue weighted by Crippen LogP contribution is -2.58. The quantitative estimate of drug-likeness (QED) is 0.750. The fourth-order valence-corrected chi connectivity index (χ4v) is 3.65. The van der Waals surface area contributed by atoms with Gasteiger partial charge in [-0.1, -0.05) is 30.3 Å². The molecule has 5 nitrogen and oxygen atoms in total. The molecule has 1 saturated heterocycles. The first kappa shape index (κ1) is 17.3. The maximum Gasteiger partial charge on any atom is 0.271 e. The van der Waals surface area contributed by atoms with Crippen LogP contribution in [0.3, 0.4) is 0 Å². The van der Waals surface area contributed by atoms with E-state index in [1.807, 2.05) is 30.3 Å². The van der Waals surface area contributed by atoms with Crippen molar-refractivity contribution in [2.24, 2.45) is 0 Å². The molecular weight excluding hydrogens is 345 g/mol. The Kier molecular flexibility index (Phi) is 4.39. The van der Waals surface area contributed by atoms with Crippen LogP contribution in [0.25, 0.3) is 10.9 Å². The van der Waals surface area contributed by atoms with Gasteiger partial charge in [0.1, 0.15) is 17.6 Å². The number of hydrogen-bond donors (Lipinski definition) is 2. The van der Waals surface area contributed by atoms with Crippen LogP contribution in [0.5, 0.6) is 0 Å². The molecule has 0 radical (unpaired) electrons. The molecule has 1 fully saturated rings. The van der Waals surface area contributed by atoms with Gasteiger partial charge in [0.15, 0.2) is 0 Å². The molecule has 2 heterocycles. The first-order valence-corrected chi connectivity index (χ1v) is 8.95. The maximum atomic E-state index is 13.6. The number of piperazine rings is 1. The average molecular weight is 365 g/mol. The number of carbonyl (C=O) groups excluding carboxylic acids is 2. The van der Waals surface area contributed by atoms with Crippen molar-refractivity contribution in [2.45, 2.75) is 19.4 Å². The summed E-state index contributed by atoms with van der Waals surface area (Å²) in [5.41, 5.74) is 2.80. The molecule has 1 aliphatic heterocycles. The van der Waals surface area contributed by atoms with Gasteiger partial charge in [-0.2, -0.15) is 0 Å². The van der Waals surface area contributed by atoms with E-state index < -0.39 is 6.04 Å². The molecule has 6 heteroatoms. The van der Waals surface area contributed by atoms with E-state index >= 15 is 0 Å². The van der Waals surface area contributed by atoms with Gasteiger partial charge in [0.25, 0.3) is 5.91 Å². The molecule has 0 spiro atoms. The molecule has 0 unspecified atom stereocenters. The molecule has 0 bridgehead atoms. The number of hydrogen-bond acceptors (Lipinski definition) is 2. The Labute approximate surface area is 156 Å². The first-order valence-electron chi connectivity index (χ1n) is 8.95. The van der Waals surface area contributed by atoms with E-state index in [0.717, 1.165) is 5.56 Å². The number of nitrogens with zero attached hydrogens (tertiary/aromatic N) is 1. The first-order chi connectivity index (χ1) is 13.0. The topological polar surface area (TPSA) is 65.2 Å².